The first kappa shape index (κ1) is 5.83. The lowest BCUT2D eigenvalue weighted by Gasteiger charge is -2.27. The second kappa shape index (κ2) is 4.81. The molecule has 0 radical (unpaired) electrons. The minimum atomic E-state index is -2.58. The highest BCUT2D eigenvalue weighted by Gasteiger charge is 2.27. The molecule has 2 heterocycles. The first-order valence-corrected chi connectivity index (χ1v) is 6.26. The number of hydrogen-bond donors (Lipinski definition) is 0. The lowest BCUT2D eigenvalue weighted by Crippen LogP contribution is -2.37. The standard InChI is InChI=1S/C15H22N2O/c1-16-8-3-4-13(16)11-17-9-7-12-5-6-14(18-2)10-15(12)17/h5-6,10,13H,3-4,7-9,11H2,1-2H3/t13-/m1/s1/i1D3,2D3,11D2. The van der Waals surface area contributed by atoms with Crippen molar-refractivity contribution in [2.45, 2.75) is 25.3 Å². The van der Waals surface area contributed by atoms with Crippen molar-refractivity contribution in [1.29, 1.82) is 0 Å². The molecular formula is C15H22N2O. The predicted octanol–water partition coefficient (Wildman–Crippen LogP) is 2.15. The summed E-state index contributed by atoms with van der Waals surface area (Å²) in [5.74, 6) is 0.144. The number of methoxy groups -OCH3 is 1. The van der Waals surface area contributed by atoms with Crippen LogP contribution in [0.4, 0.5) is 5.69 Å². The maximum absolute atomic E-state index is 8.66. The van der Waals surface area contributed by atoms with E-state index in [1.807, 2.05) is 0 Å². The second-order valence-electron chi connectivity index (χ2n) is 4.77. The molecule has 0 unspecified atom stereocenters. The Hall–Kier alpha value is -1.22. The first-order valence-electron chi connectivity index (χ1n) is 10.3. The Bertz CT molecular complexity index is 673. The molecule has 1 aromatic carbocycles. The second-order valence-corrected chi connectivity index (χ2v) is 4.77. The SMILES string of the molecule is [2H]C([2H])([2H])Oc1ccc2c(c1)N(C([2H])([2H])[C@H]1CCCN1C([2H])([2H])[2H])CC2. The molecule has 3 nitrogen and oxygen atoms in total. The van der Waals surface area contributed by atoms with Gasteiger partial charge < -0.3 is 14.5 Å². The molecule has 2 aliphatic heterocycles. The number of benzene rings is 1. The molecule has 0 aromatic heterocycles. The van der Waals surface area contributed by atoms with Gasteiger partial charge in [-0.2, -0.15) is 0 Å². The van der Waals surface area contributed by atoms with Crippen LogP contribution in [0.5, 0.6) is 5.75 Å². The molecule has 0 amide bonds. The Morgan fingerprint density at radius 2 is 2.50 bits per heavy atom. The van der Waals surface area contributed by atoms with Gasteiger partial charge in [0.15, 0.2) is 0 Å². The third-order valence-corrected chi connectivity index (χ3v) is 3.63. The van der Waals surface area contributed by atoms with Crippen molar-refractivity contribution in [3.05, 3.63) is 23.8 Å². The molecule has 0 spiro atoms. The topological polar surface area (TPSA) is 15.7 Å². The highest BCUT2D eigenvalue weighted by Crippen LogP contribution is 2.32. The van der Waals surface area contributed by atoms with Crippen LogP contribution in [0.25, 0.3) is 0 Å². The van der Waals surface area contributed by atoms with E-state index in [1.165, 1.54) is 11.0 Å². The number of fused-ring (bicyclic) bond motifs is 1. The maximum Gasteiger partial charge on any atom is 0.120 e. The minimum Gasteiger partial charge on any atom is -0.497 e. The number of likely N-dealkylation sites (tertiary alicyclic amines) is 1. The molecule has 0 aliphatic carbocycles. The van der Waals surface area contributed by atoms with E-state index in [9.17, 15) is 0 Å². The largest absolute Gasteiger partial charge is 0.497 e. The fourth-order valence-electron chi connectivity index (χ4n) is 2.64. The van der Waals surface area contributed by atoms with Crippen molar-refractivity contribution in [3.8, 4) is 5.75 Å². The number of nitrogens with zero attached hydrogens (tertiary/aromatic N) is 2. The molecule has 1 atom stereocenters. The Morgan fingerprint density at radius 3 is 3.39 bits per heavy atom. The van der Waals surface area contributed by atoms with Crippen molar-refractivity contribution in [2.75, 3.05) is 38.5 Å². The highest BCUT2D eigenvalue weighted by molar-refractivity contribution is 5.61. The summed E-state index contributed by atoms with van der Waals surface area (Å²) in [5.41, 5.74) is 1.46. The van der Waals surface area contributed by atoms with Crippen LogP contribution in [0.2, 0.25) is 0 Å². The van der Waals surface area contributed by atoms with E-state index >= 15 is 0 Å². The lowest BCUT2D eigenvalue weighted by molar-refractivity contribution is 0.312. The van der Waals surface area contributed by atoms with Crippen molar-refractivity contribution < 1.29 is 15.7 Å². The Balaban J connectivity index is 1.90. The number of likely N-dealkylation sites (N-methyl/N-ethyl adjacent to an activating group) is 1. The van der Waals surface area contributed by atoms with Gasteiger partial charge in [-0.25, -0.2) is 0 Å². The van der Waals surface area contributed by atoms with Gasteiger partial charge in [0, 0.05) is 34.9 Å². The molecule has 0 saturated carbocycles. The van der Waals surface area contributed by atoms with Crippen LogP contribution in [-0.2, 0) is 6.42 Å². The fourth-order valence-corrected chi connectivity index (χ4v) is 2.64. The van der Waals surface area contributed by atoms with Crippen LogP contribution < -0.4 is 9.64 Å². The van der Waals surface area contributed by atoms with E-state index in [0.29, 0.717) is 38.0 Å². The first-order chi connectivity index (χ1) is 11.9. The summed E-state index contributed by atoms with van der Waals surface area (Å²) in [6, 6.07) is 4.08. The average Bonchev–Trinajstić information content (AvgIpc) is 3.12. The molecule has 0 bridgehead atoms. The summed E-state index contributed by atoms with van der Waals surface area (Å²) < 4.78 is 67.0. The van der Waals surface area contributed by atoms with Gasteiger partial charge in [-0.15, -0.1) is 0 Å². The molecule has 18 heavy (non-hydrogen) atoms. The van der Waals surface area contributed by atoms with Gasteiger partial charge in [-0.05, 0) is 44.4 Å². The summed E-state index contributed by atoms with van der Waals surface area (Å²) in [6.07, 6.45) is 1.71. The zero-order valence-electron chi connectivity index (χ0n) is 18.1. The van der Waals surface area contributed by atoms with Gasteiger partial charge in [0.2, 0.25) is 0 Å². The van der Waals surface area contributed by atoms with E-state index in [-0.39, 0.29) is 5.75 Å². The number of ether oxygens (including phenoxy) is 1. The fraction of sp³-hybridized carbons (Fsp3) is 0.600. The molecule has 98 valence electrons. The van der Waals surface area contributed by atoms with E-state index < -0.39 is 26.6 Å². The van der Waals surface area contributed by atoms with Crippen LogP contribution in [0.1, 0.15) is 29.4 Å². The zero-order valence-corrected chi connectivity index (χ0v) is 10.1. The van der Waals surface area contributed by atoms with Gasteiger partial charge in [0.25, 0.3) is 0 Å². The third kappa shape index (κ3) is 2.07. The van der Waals surface area contributed by atoms with E-state index in [2.05, 4.69) is 0 Å². The van der Waals surface area contributed by atoms with Crippen molar-refractivity contribution >= 4 is 5.69 Å². The van der Waals surface area contributed by atoms with Gasteiger partial charge >= 0.3 is 0 Å². The average molecular weight is 254 g/mol. The summed E-state index contributed by atoms with van der Waals surface area (Å²) in [6.45, 7) is -3.49. The molecule has 1 fully saturated rings. The number of hydrogen-bond acceptors (Lipinski definition) is 3. The van der Waals surface area contributed by atoms with Gasteiger partial charge in [0.05, 0.1) is 13.9 Å². The molecular weight excluding hydrogens is 224 g/mol. The van der Waals surface area contributed by atoms with E-state index in [1.54, 1.807) is 17.0 Å². The normalized spacial score (nSPS) is 32.2. The van der Waals surface area contributed by atoms with E-state index in [4.69, 9.17) is 15.7 Å². The van der Waals surface area contributed by atoms with Crippen LogP contribution in [0.15, 0.2) is 18.2 Å². The van der Waals surface area contributed by atoms with Crippen LogP contribution >= 0.6 is 0 Å². The summed E-state index contributed by atoms with van der Waals surface area (Å²) in [7, 11) is -2.58. The maximum atomic E-state index is 8.66. The Morgan fingerprint density at radius 1 is 1.50 bits per heavy atom. The quantitative estimate of drug-likeness (QED) is 0.822. The molecule has 1 aromatic rings. The monoisotopic (exact) mass is 254 g/mol. The summed E-state index contributed by atoms with van der Waals surface area (Å²) in [4.78, 5) is 2.80. The van der Waals surface area contributed by atoms with E-state index in [0.717, 1.165) is 5.56 Å². The number of anilines is 1. The van der Waals surface area contributed by atoms with Crippen LogP contribution in [-0.4, -0.2) is 44.5 Å². The molecule has 1 saturated heterocycles. The highest BCUT2D eigenvalue weighted by atomic mass is 16.5. The Kier molecular flexibility index (Phi) is 1.56. The number of rotatable bonds is 3. The summed E-state index contributed by atoms with van der Waals surface area (Å²) >= 11 is 0. The molecule has 3 heteroatoms. The van der Waals surface area contributed by atoms with Gasteiger partial charge in [0.1, 0.15) is 5.75 Å². The van der Waals surface area contributed by atoms with Crippen molar-refractivity contribution in [3.63, 3.8) is 0 Å². The third-order valence-electron chi connectivity index (χ3n) is 3.63. The van der Waals surface area contributed by atoms with Crippen molar-refractivity contribution in [1.82, 2.24) is 4.90 Å². The molecule has 0 N–H and O–H groups in total. The summed E-state index contributed by atoms with van der Waals surface area (Å²) in [5, 5.41) is 0. The molecule has 3 rings (SSSR count). The smallest absolute Gasteiger partial charge is 0.120 e. The lowest BCUT2D eigenvalue weighted by atomic mass is 10.1. The van der Waals surface area contributed by atoms with Crippen LogP contribution in [0.3, 0.4) is 0 Å². The molecule has 2 aliphatic rings. The van der Waals surface area contributed by atoms with Crippen molar-refractivity contribution in [2.24, 2.45) is 0 Å². The Labute approximate surface area is 121 Å². The van der Waals surface area contributed by atoms with Gasteiger partial charge in [-0.3, -0.25) is 0 Å². The minimum absolute atomic E-state index is 0.144. The zero-order chi connectivity index (χ0) is 19.3. The van der Waals surface area contributed by atoms with Crippen LogP contribution in [0, 0.1) is 0 Å². The van der Waals surface area contributed by atoms with Gasteiger partial charge in [-0.1, -0.05) is 6.07 Å². The predicted molar refractivity (Wildman–Crippen MR) is 74.6 cm³/mol.